The van der Waals surface area contributed by atoms with Crippen LogP contribution in [0.3, 0.4) is 0 Å². The van der Waals surface area contributed by atoms with Gasteiger partial charge in [-0.25, -0.2) is 4.98 Å². The molecule has 2 aromatic rings. The van der Waals surface area contributed by atoms with Crippen molar-refractivity contribution in [2.24, 2.45) is 0 Å². The lowest BCUT2D eigenvalue weighted by Gasteiger charge is -2.09. The van der Waals surface area contributed by atoms with E-state index in [4.69, 9.17) is 4.55 Å². The van der Waals surface area contributed by atoms with Crippen molar-refractivity contribution in [3.05, 3.63) is 41.5 Å². The third-order valence-corrected chi connectivity index (χ3v) is 5.25. The predicted molar refractivity (Wildman–Crippen MR) is 102 cm³/mol. The Hall–Kier alpha value is -2.15. The van der Waals surface area contributed by atoms with Crippen LogP contribution in [0.15, 0.2) is 29.2 Å². The van der Waals surface area contributed by atoms with Gasteiger partial charge in [0.1, 0.15) is 11.6 Å². The monoisotopic (exact) mass is 430 g/mol. The highest BCUT2D eigenvalue weighted by Crippen LogP contribution is 2.14. The van der Waals surface area contributed by atoms with Crippen LogP contribution in [0.2, 0.25) is 0 Å². The summed E-state index contributed by atoms with van der Waals surface area (Å²) in [6.07, 6.45) is 2.58. The van der Waals surface area contributed by atoms with Gasteiger partial charge < -0.3 is 5.32 Å². The van der Waals surface area contributed by atoms with Crippen molar-refractivity contribution >= 4 is 26.2 Å². The van der Waals surface area contributed by atoms with Crippen LogP contribution in [0, 0.1) is 0 Å². The maximum absolute atomic E-state index is 11.3. The van der Waals surface area contributed by atoms with Crippen LogP contribution < -0.4 is 5.32 Å². The fourth-order valence-electron chi connectivity index (χ4n) is 2.36. The van der Waals surface area contributed by atoms with E-state index in [0.717, 1.165) is 12.8 Å². The summed E-state index contributed by atoms with van der Waals surface area (Å²) in [5.74, 6) is 0.565. The SMILES string of the molecule is CCCCc1nc(Cc2cccc(S(=O)(=O)O)c2)nc(NCCS(=O)(=O)O)n1. The highest BCUT2D eigenvalue weighted by Gasteiger charge is 2.12. The third kappa shape index (κ3) is 7.46. The lowest BCUT2D eigenvalue weighted by Crippen LogP contribution is -2.17. The van der Waals surface area contributed by atoms with Gasteiger partial charge in [-0.15, -0.1) is 0 Å². The van der Waals surface area contributed by atoms with Gasteiger partial charge in [0, 0.05) is 19.4 Å². The molecule has 0 amide bonds. The molecule has 1 heterocycles. The zero-order valence-corrected chi connectivity index (χ0v) is 16.9. The van der Waals surface area contributed by atoms with Crippen molar-refractivity contribution in [2.75, 3.05) is 17.6 Å². The molecule has 2 rings (SSSR count). The van der Waals surface area contributed by atoms with E-state index in [0.29, 0.717) is 23.6 Å². The molecule has 3 N–H and O–H groups in total. The number of rotatable bonds is 10. The molecule has 0 bridgehead atoms. The Morgan fingerprint density at radius 1 is 1.04 bits per heavy atom. The Morgan fingerprint density at radius 3 is 2.39 bits per heavy atom. The van der Waals surface area contributed by atoms with Crippen molar-refractivity contribution in [3.8, 4) is 0 Å². The van der Waals surface area contributed by atoms with Crippen molar-refractivity contribution in [3.63, 3.8) is 0 Å². The molecule has 0 fully saturated rings. The third-order valence-electron chi connectivity index (χ3n) is 3.68. The fraction of sp³-hybridized carbons (Fsp3) is 0.438. The molecule has 0 saturated heterocycles. The van der Waals surface area contributed by atoms with Gasteiger partial charge in [0.15, 0.2) is 0 Å². The summed E-state index contributed by atoms with van der Waals surface area (Å²) in [4.78, 5) is 12.6. The van der Waals surface area contributed by atoms with Crippen LogP contribution >= 0.6 is 0 Å². The van der Waals surface area contributed by atoms with Gasteiger partial charge in [-0.1, -0.05) is 25.5 Å². The maximum atomic E-state index is 11.3. The minimum atomic E-state index is -4.32. The van der Waals surface area contributed by atoms with E-state index < -0.39 is 26.0 Å². The minimum absolute atomic E-state index is 0.0756. The van der Waals surface area contributed by atoms with Crippen LogP contribution in [-0.2, 0) is 33.1 Å². The molecule has 28 heavy (non-hydrogen) atoms. The Labute approximate surface area is 164 Å². The van der Waals surface area contributed by atoms with Crippen molar-refractivity contribution in [2.45, 2.75) is 37.5 Å². The average Bonchev–Trinajstić information content (AvgIpc) is 2.58. The zero-order chi connectivity index (χ0) is 20.8. The summed E-state index contributed by atoms with van der Waals surface area (Å²) in [6, 6.07) is 5.79. The first-order valence-corrected chi connectivity index (χ1v) is 11.6. The van der Waals surface area contributed by atoms with E-state index in [1.807, 2.05) is 6.92 Å². The topological polar surface area (TPSA) is 159 Å². The second-order valence-corrected chi connectivity index (χ2v) is 9.10. The molecule has 154 valence electrons. The number of aryl methyl sites for hydroxylation is 1. The van der Waals surface area contributed by atoms with Crippen molar-refractivity contribution in [1.29, 1.82) is 0 Å². The predicted octanol–water partition coefficient (Wildman–Crippen LogP) is 1.35. The normalized spacial score (nSPS) is 12.1. The quantitative estimate of drug-likeness (QED) is 0.469. The molecule has 0 atom stereocenters. The molecule has 0 radical (unpaired) electrons. The number of anilines is 1. The van der Waals surface area contributed by atoms with E-state index in [1.54, 1.807) is 6.07 Å². The summed E-state index contributed by atoms with van der Waals surface area (Å²) in [7, 11) is -8.43. The Morgan fingerprint density at radius 2 is 1.75 bits per heavy atom. The molecular weight excluding hydrogens is 408 g/mol. The number of benzene rings is 1. The summed E-state index contributed by atoms with van der Waals surface area (Å²) in [6.45, 7) is 1.95. The zero-order valence-electron chi connectivity index (χ0n) is 15.2. The number of unbranched alkanes of at least 4 members (excludes halogenated alkanes) is 1. The van der Waals surface area contributed by atoms with Gasteiger partial charge >= 0.3 is 0 Å². The van der Waals surface area contributed by atoms with Gasteiger partial charge in [-0.3, -0.25) is 9.11 Å². The number of aromatic nitrogens is 3. The lowest BCUT2D eigenvalue weighted by molar-refractivity contribution is 0.481. The summed E-state index contributed by atoms with van der Waals surface area (Å²) >= 11 is 0. The Kier molecular flexibility index (Phi) is 7.41. The van der Waals surface area contributed by atoms with Gasteiger partial charge in [-0.05, 0) is 24.1 Å². The van der Waals surface area contributed by atoms with Gasteiger partial charge in [0.2, 0.25) is 5.95 Å². The van der Waals surface area contributed by atoms with E-state index in [-0.39, 0.29) is 23.8 Å². The van der Waals surface area contributed by atoms with Crippen molar-refractivity contribution in [1.82, 2.24) is 15.0 Å². The molecule has 0 aliphatic heterocycles. The highest BCUT2D eigenvalue weighted by molar-refractivity contribution is 7.86. The second kappa shape index (κ2) is 9.37. The molecule has 12 heteroatoms. The van der Waals surface area contributed by atoms with Crippen LogP contribution in [0.5, 0.6) is 0 Å². The number of hydrogen-bond acceptors (Lipinski definition) is 8. The van der Waals surface area contributed by atoms with E-state index in [9.17, 15) is 21.4 Å². The molecule has 0 aliphatic carbocycles. The molecule has 0 saturated carbocycles. The van der Waals surface area contributed by atoms with Crippen LogP contribution in [0.25, 0.3) is 0 Å². The minimum Gasteiger partial charge on any atom is -0.353 e. The molecule has 1 aromatic carbocycles. The van der Waals surface area contributed by atoms with Crippen LogP contribution in [-0.4, -0.2) is 53.2 Å². The van der Waals surface area contributed by atoms with Gasteiger partial charge in [0.05, 0.1) is 10.6 Å². The average molecular weight is 431 g/mol. The summed E-state index contributed by atoms with van der Waals surface area (Å²) in [5, 5.41) is 2.74. The van der Waals surface area contributed by atoms with E-state index >= 15 is 0 Å². The smallest absolute Gasteiger partial charge is 0.294 e. The summed E-state index contributed by atoms with van der Waals surface area (Å²) in [5.41, 5.74) is 0.576. The lowest BCUT2D eigenvalue weighted by atomic mass is 10.1. The standard InChI is InChI=1S/C16H22N4O6S2/c1-2-3-7-14-18-15(20-16(19-14)17-8-9-27(21,22)23)11-12-5-4-6-13(10-12)28(24,25)26/h4-6,10H,2-3,7-9,11H2,1H3,(H,21,22,23)(H,24,25,26)(H,17,18,19,20). The molecule has 10 nitrogen and oxygen atoms in total. The molecule has 0 aliphatic rings. The van der Waals surface area contributed by atoms with Crippen molar-refractivity contribution < 1.29 is 25.9 Å². The number of hydrogen-bond donors (Lipinski definition) is 3. The van der Waals surface area contributed by atoms with Crippen LogP contribution in [0.1, 0.15) is 37.0 Å². The largest absolute Gasteiger partial charge is 0.353 e. The fourth-order valence-corrected chi connectivity index (χ4v) is 3.27. The first-order chi connectivity index (χ1) is 13.1. The Balaban J connectivity index is 2.25. The first kappa shape index (κ1) is 22.1. The Bertz CT molecular complexity index is 1030. The molecule has 1 aromatic heterocycles. The van der Waals surface area contributed by atoms with Gasteiger partial charge in [0.25, 0.3) is 20.2 Å². The number of nitrogens with zero attached hydrogens (tertiary/aromatic N) is 3. The molecule has 0 spiro atoms. The van der Waals surface area contributed by atoms with Gasteiger partial charge in [-0.2, -0.15) is 26.8 Å². The second-order valence-electron chi connectivity index (χ2n) is 6.11. The molecule has 0 unspecified atom stereocenters. The van der Waals surface area contributed by atoms with E-state index in [1.165, 1.54) is 18.2 Å². The number of nitrogens with one attached hydrogen (secondary N) is 1. The summed E-state index contributed by atoms with van der Waals surface area (Å²) < 4.78 is 62.3. The maximum Gasteiger partial charge on any atom is 0.294 e. The van der Waals surface area contributed by atoms with Crippen LogP contribution in [0.4, 0.5) is 5.95 Å². The highest BCUT2D eigenvalue weighted by atomic mass is 32.2. The first-order valence-electron chi connectivity index (χ1n) is 8.56. The van der Waals surface area contributed by atoms with E-state index in [2.05, 4.69) is 20.3 Å². The molecular formula is C16H22N4O6S2.